The second kappa shape index (κ2) is 7.66. The number of amides is 1. The minimum Gasteiger partial charge on any atom is -0.352 e. The summed E-state index contributed by atoms with van der Waals surface area (Å²) in [7, 11) is 0. The molecule has 3 aromatic rings. The number of hydrogen-bond acceptors (Lipinski definition) is 3. The van der Waals surface area contributed by atoms with Gasteiger partial charge in [0.2, 0.25) is 0 Å². The highest BCUT2D eigenvalue weighted by Gasteiger charge is 2.11. The number of rotatable bonds is 6. The number of nitrogens with zero attached hydrogens (tertiary/aromatic N) is 3. The molecule has 130 valence electrons. The highest BCUT2D eigenvalue weighted by atomic mass is 35.5. The maximum atomic E-state index is 12.1. The smallest absolute Gasteiger partial charge is 0.252 e. The molecule has 0 fully saturated rings. The van der Waals surface area contributed by atoms with Gasteiger partial charge in [0, 0.05) is 37.1 Å². The first-order chi connectivity index (χ1) is 12.0. The molecule has 0 atom stereocenters. The summed E-state index contributed by atoms with van der Waals surface area (Å²) in [4.78, 5) is 20.6. The van der Waals surface area contributed by atoms with Crippen LogP contribution in [0.2, 0.25) is 5.15 Å². The Labute approximate surface area is 152 Å². The molecule has 25 heavy (non-hydrogen) atoms. The van der Waals surface area contributed by atoms with E-state index in [2.05, 4.69) is 46.0 Å². The Morgan fingerprint density at radius 2 is 2.12 bits per heavy atom. The minimum atomic E-state index is -0.145. The molecule has 3 aromatic heterocycles. The van der Waals surface area contributed by atoms with Crippen LogP contribution in [0.15, 0.2) is 42.9 Å². The summed E-state index contributed by atoms with van der Waals surface area (Å²) >= 11 is 5.74. The van der Waals surface area contributed by atoms with Gasteiger partial charge in [0.15, 0.2) is 0 Å². The number of halogens is 1. The van der Waals surface area contributed by atoms with Crippen LogP contribution in [0.4, 0.5) is 0 Å². The molecule has 5 nitrogen and oxygen atoms in total. The van der Waals surface area contributed by atoms with Gasteiger partial charge in [-0.05, 0) is 42.2 Å². The fourth-order valence-corrected chi connectivity index (χ4v) is 2.96. The van der Waals surface area contributed by atoms with Crippen molar-refractivity contribution in [2.24, 2.45) is 5.92 Å². The molecule has 1 N–H and O–H groups in total. The molecule has 0 radical (unpaired) electrons. The van der Waals surface area contributed by atoms with Gasteiger partial charge in [-0.1, -0.05) is 25.4 Å². The highest BCUT2D eigenvalue weighted by molar-refractivity contribution is 6.29. The van der Waals surface area contributed by atoms with Crippen LogP contribution in [0.3, 0.4) is 0 Å². The molecule has 0 unspecified atom stereocenters. The summed E-state index contributed by atoms with van der Waals surface area (Å²) in [5.41, 5.74) is 2.70. The normalized spacial score (nSPS) is 11.2. The van der Waals surface area contributed by atoms with E-state index in [1.165, 1.54) is 11.8 Å². The van der Waals surface area contributed by atoms with Gasteiger partial charge in [-0.25, -0.2) is 9.97 Å². The first-order valence-corrected chi connectivity index (χ1v) is 8.75. The average molecular weight is 357 g/mol. The van der Waals surface area contributed by atoms with E-state index in [0.29, 0.717) is 23.2 Å². The van der Waals surface area contributed by atoms with Crippen LogP contribution < -0.4 is 5.32 Å². The van der Waals surface area contributed by atoms with Crippen LogP contribution in [-0.2, 0) is 13.0 Å². The first-order valence-electron chi connectivity index (χ1n) is 8.37. The molecule has 3 heterocycles. The number of carbonyl (C=O) groups is 1. The van der Waals surface area contributed by atoms with E-state index >= 15 is 0 Å². The summed E-state index contributed by atoms with van der Waals surface area (Å²) in [6.45, 7) is 5.86. The molecule has 0 saturated heterocycles. The largest absolute Gasteiger partial charge is 0.352 e. The van der Waals surface area contributed by atoms with Crippen molar-refractivity contribution < 1.29 is 4.79 Å². The Balaban J connectivity index is 1.69. The maximum absolute atomic E-state index is 12.1. The first kappa shape index (κ1) is 17.4. The summed E-state index contributed by atoms with van der Waals surface area (Å²) in [6.07, 6.45) is 6.20. The molecule has 1 amide bonds. The predicted octanol–water partition coefficient (Wildman–Crippen LogP) is 3.71. The van der Waals surface area contributed by atoms with Gasteiger partial charge in [-0.3, -0.25) is 4.79 Å². The van der Waals surface area contributed by atoms with Crippen molar-refractivity contribution in [1.29, 1.82) is 0 Å². The molecule has 0 spiro atoms. The number of aromatic nitrogens is 3. The van der Waals surface area contributed by atoms with Crippen molar-refractivity contribution >= 4 is 28.5 Å². The van der Waals surface area contributed by atoms with Crippen molar-refractivity contribution in [2.75, 3.05) is 6.54 Å². The lowest BCUT2D eigenvalue weighted by molar-refractivity contribution is 0.0954. The number of carbonyl (C=O) groups excluding carboxylic acids is 1. The van der Waals surface area contributed by atoms with Gasteiger partial charge in [0.1, 0.15) is 10.8 Å². The molecule has 0 aliphatic carbocycles. The van der Waals surface area contributed by atoms with Gasteiger partial charge in [-0.15, -0.1) is 0 Å². The van der Waals surface area contributed by atoms with Crippen molar-refractivity contribution in [3.8, 4) is 0 Å². The van der Waals surface area contributed by atoms with Crippen LogP contribution in [-0.4, -0.2) is 27.0 Å². The topological polar surface area (TPSA) is 59.8 Å². The molecule has 0 bridgehead atoms. The van der Waals surface area contributed by atoms with Crippen molar-refractivity contribution in [3.05, 3.63) is 59.1 Å². The monoisotopic (exact) mass is 356 g/mol. The van der Waals surface area contributed by atoms with E-state index in [9.17, 15) is 4.79 Å². The van der Waals surface area contributed by atoms with Crippen LogP contribution >= 0.6 is 11.6 Å². The van der Waals surface area contributed by atoms with Gasteiger partial charge in [0.05, 0.1) is 5.56 Å². The van der Waals surface area contributed by atoms with Gasteiger partial charge >= 0.3 is 0 Å². The molecular weight excluding hydrogens is 336 g/mol. The standard InChI is InChI=1S/C19H21ClN4O/c1-13(2)11-24-12-15(16-4-3-8-21-18(16)24)7-9-22-19(25)14-5-6-17(20)23-10-14/h3-6,8,10,12-13H,7,9,11H2,1-2H3,(H,22,25). The van der Waals surface area contributed by atoms with Crippen LogP contribution in [0.25, 0.3) is 11.0 Å². The number of hydrogen-bond donors (Lipinski definition) is 1. The summed E-state index contributed by atoms with van der Waals surface area (Å²) in [6, 6.07) is 7.31. The summed E-state index contributed by atoms with van der Waals surface area (Å²) < 4.78 is 2.19. The fourth-order valence-electron chi connectivity index (χ4n) is 2.85. The SMILES string of the molecule is CC(C)Cn1cc(CCNC(=O)c2ccc(Cl)nc2)c2cccnc21. The number of nitrogens with one attached hydrogen (secondary N) is 1. The lowest BCUT2D eigenvalue weighted by atomic mass is 10.1. The van der Waals surface area contributed by atoms with Crippen LogP contribution in [0, 0.1) is 5.92 Å². The lowest BCUT2D eigenvalue weighted by Gasteiger charge is -2.06. The Bertz CT molecular complexity index is 871. The average Bonchev–Trinajstić information content (AvgIpc) is 2.93. The lowest BCUT2D eigenvalue weighted by Crippen LogP contribution is -2.25. The molecule has 6 heteroatoms. The Morgan fingerprint density at radius 1 is 1.28 bits per heavy atom. The minimum absolute atomic E-state index is 0.145. The summed E-state index contributed by atoms with van der Waals surface area (Å²) in [5.74, 6) is 0.399. The molecule has 3 rings (SSSR count). The van der Waals surface area contributed by atoms with Crippen LogP contribution in [0.5, 0.6) is 0 Å². The van der Waals surface area contributed by atoms with E-state index < -0.39 is 0 Å². The maximum Gasteiger partial charge on any atom is 0.252 e. The highest BCUT2D eigenvalue weighted by Crippen LogP contribution is 2.20. The van der Waals surface area contributed by atoms with Gasteiger partial charge in [0.25, 0.3) is 5.91 Å². The quantitative estimate of drug-likeness (QED) is 0.685. The van der Waals surface area contributed by atoms with Crippen molar-refractivity contribution in [3.63, 3.8) is 0 Å². The zero-order chi connectivity index (χ0) is 17.8. The van der Waals surface area contributed by atoms with Crippen LogP contribution in [0.1, 0.15) is 29.8 Å². The van der Waals surface area contributed by atoms with E-state index in [1.807, 2.05) is 12.3 Å². The van der Waals surface area contributed by atoms with Crippen molar-refractivity contribution in [2.45, 2.75) is 26.8 Å². The van der Waals surface area contributed by atoms with E-state index in [0.717, 1.165) is 24.0 Å². The Hall–Kier alpha value is -2.40. The number of pyridine rings is 2. The zero-order valence-corrected chi connectivity index (χ0v) is 15.1. The Kier molecular flexibility index (Phi) is 5.34. The fraction of sp³-hybridized carbons (Fsp3) is 0.316. The molecular formula is C19H21ClN4O. The molecule has 0 aliphatic rings. The zero-order valence-electron chi connectivity index (χ0n) is 14.4. The van der Waals surface area contributed by atoms with Gasteiger partial charge < -0.3 is 9.88 Å². The number of fused-ring (bicyclic) bond motifs is 1. The third-order valence-corrected chi connectivity index (χ3v) is 4.17. The Morgan fingerprint density at radius 3 is 2.84 bits per heavy atom. The third kappa shape index (κ3) is 4.17. The second-order valence-corrected chi connectivity index (χ2v) is 6.84. The molecule has 0 saturated carbocycles. The predicted molar refractivity (Wildman–Crippen MR) is 99.9 cm³/mol. The third-order valence-electron chi connectivity index (χ3n) is 3.95. The van der Waals surface area contributed by atoms with E-state index in [1.54, 1.807) is 12.1 Å². The van der Waals surface area contributed by atoms with Crippen molar-refractivity contribution in [1.82, 2.24) is 19.9 Å². The molecule has 0 aromatic carbocycles. The molecule has 0 aliphatic heterocycles. The van der Waals surface area contributed by atoms with E-state index in [4.69, 9.17) is 11.6 Å². The second-order valence-electron chi connectivity index (χ2n) is 6.45. The van der Waals surface area contributed by atoms with Gasteiger partial charge in [-0.2, -0.15) is 0 Å². The summed E-state index contributed by atoms with van der Waals surface area (Å²) in [5, 5.41) is 4.45. The van der Waals surface area contributed by atoms with E-state index in [-0.39, 0.29) is 5.91 Å².